The molecule has 4 rings (SSSR count). The lowest BCUT2D eigenvalue weighted by Crippen LogP contribution is -2.30. The van der Waals surface area contributed by atoms with E-state index in [-0.39, 0.29) is 18.0 Å². The van der Waals surface area contributed by atoms with Crippen LogP contribution in [-0.4, -0.2) is 24.7 Å². The number of carbonyl (C=O) groups excluding carboxylic acids is 1. The number of hydrogen-bond donors (Lipinski definition) is 2. The molecule has 174 valence electrons. The van der Waals surface area contributed by atoms with E-state index in [2.05, 4.69) is 10.6 Å². The Hall–Kier alpha value is -3.97. The van der Waals surface area contributed by atoms with E-state index in [1.165, 1.54) is 4.57 Å². The molecule has 0 spiro atoms. The Balaban J connectivity index is 1.64. The molecule has 2 N–H and O–H groups in total. The van der Waals surface area contributed by atoms with Crippen LogP contribution in [0.4, 0.5) is 11.4 Å². The lowest BCUT2D eigenvalue weighted by molar-refractivity contribution is -0.116. The highest BCUT2D eigenvalue weighted by Gasteiger charge is 2.14. The third-order valence-corrected chi connectivity index (χ3v) is 5.63. The van der Waals surface area contributed by atoms with Crippen LogP contribution in [0.1, 0.15) is 5.56 Å². The number of methoxy groups -OCH3 is 2. The second-order valence-corrected chi connectivity index (χ2v) is 8.06. The highest BCUT2D eigenvalue weighted by molar-refractivity contribution is 6.30. The Bertz CT molecular complexity index is 1370. The summed E-state index contributed by atoms with van der Waals surface area (Å²) in [5.74, 6) is 1.02. The van der Waals surface area contributed by atoms with Gasteiger partial charge in [-0.25, -0.2) is 0 Å². The number of ether oxygens (including phenoxy) is 2. The molecule has 34 heavy (non-hydrogen) atoms. The molecular weight excluding hydrogens is 454 g/mol. The molecular formula is C26H24ClN3O4. The van der Waals surface area contributed by atoms with E-state index in [9.17, 15) is 9.59 Å². The molecule has 0 atom stereocenters. The number of halogens is 1. The fourth-order valence-electron chi connectivity index (χ4n) is 3.61. The molecule has 8 heteroatoms. The Labute approximate surface area is 201 Å². The fraction of sp³-hybridized carbons (Fsp3) is 0.154. The summed E-state index contributed by atoms with van der Waals surface area (Å²) >= 11 is 5.92. The van der Waals surface area contributed by atoms with E-state index < -0.39 is 0 Å². The molecule has 0 saturated carbocycles. The first-order valence-electron chi connectivity index (χ1n) is 10.6. The van der Waals surface area contributed by atoms with Gasteiger partial charge in [-0.2, -0.15) is 0 Å². The number of hydrogen-bond acceptors (Lipinski definition) is 5. The summed E-state index contributed by atoms with van der Waals surface area (Å²) in [4.78, 5) is 26.2. The molecule has 0 saturated heterocycles. The van der Waals surface area contributed by atoms with Crippen molar-refractivity contribution < 1.29 is 14.3 Å². The minimum atomic E-state index is -0.325. The van der Waals surface area contributed by atoms with E-state index in [1.54, 1.807) is 44.6 Å². The molecule has 3 aromatic carbocycles. The number of nitrogens with one attached hydrogen (secondary N) is 2. The van der Waals surface area contributed by atoms with Crippen LogP contribution in [0.15, 0.2) is 77.6 Å². The molecule has 0 aliphatic carbocycles. The highest BCUT2D eigenvalue weighted by Crippen LogP contribution is 2.22. The third-order valence-electron chi connectivity index (χ3n) is 5.38. The maximum Gasteiger partial charge on any atom is 0.256 e. The molecule has 1 heterocycles. The number of fused-ring (bicyclic) bond motifs is 1. The second kappa shape index (κ2) is 10.3. The van der Waals surface area contributed by atoms with Crippen LogP contribution in [0, 0.1) is 0 Å². The lowest BCUT2D eigenvalue weighted by atomic mass is 10.1. The van der Waals surface area contributed by atoms with Crippen molar-refractivity contribution >= 4 is 39.8 Å². The van der Waals surface area contributed by atoms with Crippen molar-refractivity contribution in [3.63, 3.8) is 0 Å². The van der Waals surface area contributed by atoms with Crippen LogP contribution in [0.25, 0.3) is 10.9 Å². The molecule has 1 amide bonds. The van der Waals surface area contributed by atoms with E-state index in [0.717, 1.165) is 16.8 Å². The van der Waals surface area contributed by atoms with Crippen LogP contribution < -0.4 is 25.7 Å². The van der Waals surface area contributed by atoms with Gasteiger partial charge in [0.25, 0.3) is 5.56 Å². The number of rotatable bonds is 8. The maximum absolute atomic E-state index is 13.4. The maximum atomic E-state index is 13.4. The fourth-order valence-corrected chi connectivity index (χ4v) is 3.73. The summed E-state index contributed by atoms with van der Waals surface area (Å²) in [6.45, 7) is 0.146. The van der Waals surface area contributed by atoms with Crippen molar-refractivity contribution in [1.82, 2.24) is 4.57 Å². The first kappa shape index (κ1) is 23.2. The van der Waals surface area contributed by atoms with E-state index in [0.29, 0.717) is 34.1 Å². The zero-order valence-electron chi connectivity index (χ0n) is 18.8. The van der Waals surface area contributed by atoms with Crippen molar-refractivity contribution in [3.05, 3.63) is 93.7 Å². The number of benzene rings is 3. The van der Waals surface area contributed by atoms with Gasteiger partial charge in [0.1, 0.15) is 18.0 Å². The van der Waals surface area contributed by atoms with E-state index >= 15 is 0 Å². The average Bonchev–Trinajstić information content (AvgIpc) is 2.86. The predicted octanol–water partition coefficient (Wildman–Crippen LogP) is 4.92. The Morgan fingerprint density at radius 3 is 2.21 bits per heavy atom. The normalized spacial score (nSPS) is 10.7. The molecule has 0 radical (unpaired) electrons. The smallest absolute Gasteiger partial charge is 0.256 e. The summed E-state index contributed by atoms with van der Waals surface area (Å²) in [6.07, 6.45) is 0. The first-order valence-corrected chi connectivity index (χ1v) is 11.0. The summed E-state index contributed by atoms with van der Waals surface area (Å²) in [5, 5.41) is 7.47. The van der Waals surface area contributed by atoms with Gasteiger partial charge in [0.05, 0.1) is 19.7 Å². The Kier molecular flexibility index (Phi) is 7.04. The zero-order valence-corrected chi connectivity index (χ0v) is 19.6. The Morgan fingerprint density at radius 1 is 0.882 bits per heavy atom. The van der Waals surface area contributed by atoms with Gasteiger partial charge in [-0.05, 0) is 72.1 Å². The van der Waals surface area contributed by atoms with E-state index in [1.807, 2.05) is 42.5 Å². The molecule has 0 bridgehead atoms. The first-order chi connectivity index (χ1) is 16.5. The Morgan fingerprint density at radius 2 is 1.53 bits per heavy atom. The van der Waals surface area contributed by atoms with Gasteiger partial charge < -0.3 is 20.1 Å². The average molecular weight is 478 g/mol. The summed E-state index contributed by atoms with van der Waals surface area (Å²) < 4.78 is 12.0. The molecule has 7 nitrogen and oxygen atoms in total. The zero-order chi connectivity index (χ0) is 24.1. The second-order valence-electron chi connectivity index (χ2n) is 7.62. The predicted molar refractivity (Wildman–Crippen MR) is 135 cm³/mol. The van der Waals surface area contributed by atoms with Crippen molar-refractivity contribution in [2.24, 2.45) is 0 Å². The van der Waals surface area contributed by atoms with Gasteiger partial charge in [0, 0.05) is 34.6 Å². The number of amides is 1. The topological polar surface area (TPSA) is 81.6 Å². The van der Waals surface area contributed by atoms with Gasteiger partial charge in [-0.15, -0.1) is 0 Å². The monoisotopic (exact) mass is 477 g/mol. The van der Waals surface area contributed by atoms with Crippen molar-refractivity contribution in [2.45, 2.75) is 13.1 Å². The third kappa shape index (κ3) is 5.32. The number of pyridine rings is 1. The van der Waals surface area contributed by atoms with Crippen LogP contribution >= 0.6 is 11.6 Å². The molecule has 1 aromatic heterocycles. The molecule has 0 aliphatic heterocycles. The quantitative estimate of drug-likeness (QED) is 0.376. The van der Waals surface area contributed by atoms with Crippen LogP contribution in [0.2, 0.25) is 5.02 Å². The minimum Gasteiger partial charge on any atom is -0.497 e. The molecule has 0 unspecified atom stereocenters. The van der Waals surface area contributed by atoms with Gasteiger partial charge in [-0.3, -0.25) is 14.2 Å². The minimum absolute atomic E-state index is 0.151. The lowest BCUT2D eigenvalue weighted by Gasteiger charge is -2.15. The van der Waals surface area contributed by atoms with Crippen LogP contribution in [0.5, 0.6) is 11.5 Å². The van der Waals surface area contributed by atoms with Gasteiger partial charge in [0.15, 0.2) is 0 Å². The van der Waals surface area contributed by atoms with Crippen molar-refractivity contribution in [1.29, 1.82) is 0 Å². The number of nitrogens with zero attached hydrogens (tertiary/aromatic N) is 1. The summed E-state index contributed by atoms with van der Waals surface area (Å²) in [6, 6.07) is 21.5. The van der Waals surface area contributed by atoms with Crippen LogP contribution in [-0.2, 0) is 17.9 Å². The molecule has 0 aliphatic rings. The largest absolute Gasteiger partial charge is 0.497 e. The van der Waals surface area contributed by atoms with Crippen molar-refractivity contribution in [2.75, 3.05) is 24.9 Å². The van der Waals surface area contributed by atoms with Gasteiger partial charge in [-0.1, -0.05) is 11.6 Å². The molecule has 4 aromatic rings. The number of aromatic nitrogens is 1. The van der Waals surface area contributed by atoms with Crippen molar-refractivity contribution in [3.8, 4) is 11.5 Å². The van der Waals surface area contributed by atoms with E-state index in [4.69, 9.17) is 21.1 Å². The molecule has 0 fully saturated rings. The van der Waals surface area contributed by atoms with Crippen LogP contribution in [0.3, 0.4) is 0 Å². The number of carbonyl (C=O) groups is 1. The highest BCUT2D eigenvalue weighted by atomic mass is 35.5. The standard InChI is InChI=1S/C26H24ClN3O4/c1-33-22-11-8-20(9-12-22)28-15-18-13-17-3-10-23(34-2)14-24(17)30(26(18)32)16-25(31)29-21-6-4-19(27)5-7-21/h3-14,28H,15-16H2,1-2H3,(H,29,31). The van der Waals surface area contributed by atoms with Gasteiger partial charge in [0.2, 0.25) is 5.91 Å². The summed E-state index contributed by atoms with van der Waals surface area (Å²) in [7, 11) is 3.17. The van der Waals surface area contributed by atoms with Gasteiger partial charge >= 0.3 is 0 Å². The summed E-state index contributed by atoms with van der Waals surface area (Å²) in [5.41, 5.74) is 2.34. The SMILES string of the molecule is COc1ccc(NCc2cc3ccc(OC)cc3n(CC(=O)Nc3ccc(Cl)cc3)c2=O)cc1. The number of anilines is 2.